The zero-order valence-electron chi connectivity index (χ0n) is 15.2. The van der Waals surface area contributed by atoms with Gasteiger partial charge in [0, 0.05) is 22.3 Å². The summed E-state index contributed by atoms with van der Waals surface area (Å²) in [6.07, 6.45) is 1.52. The number of fused-ring (bicyclic) bond motifs is 1. The Kier molecular flexibility index (Phi) is 4.85. The van der Waals surface area contributed by atoms with E-state index in [-0.39, 0.29) is 21.7 Å². The van der Waals surface area contributed by atoms with Crippen molar-refractivity contribution in [3.8, 4) is 5.69 Å². The maximum atomic E-state index is 14.6. The number of benzene rings is 1. The summed E-state index contributed by atoms with van der Waals surface area (Å²) in [5.74, 6) is -1.41. The molecule has 0 aliphatic carbocycles. The highest BCUT2D eigenvalue weighted by atomic mass is 35.5. The molecular formula is C19H13ClFN5O2S. The molecule has 146 valence electrons. The zero-order valence-corrected chi connectivity index (χ0v) is 16.8. The SMILES string of the molecule is Cc1cc2c(nc1C)c(=O)c(C(=O)Nc1nccs1)nn2-c1ccc(Cl)cc1F. The Bertz CT molecular complexity index is 1320. The van der Waals surface area contributed by atoms with E-state index in [1.54, 1.807) is 18.4 Å². The minimum Gasteiger partial charge on any atom is -0.296 e. The number of thiazole rings is 1. The largest absolute Gasteiger partial charge is 0.296 e. The zero-order chi connectivity index (χ0) is 20.7. The fourth-order valence-corrected chi connectivity index (χ4v) is 3.44. The molecule has 0 fully saturated rings. The number of anilines is 1. The maximum Gasteiger partial charge on any atom is 0.282 e. The van der Waals surface area contributed by atoms with E-state index in [4.69, 9.17) is 11.6 Å². The van der Waals surface area contributed by atoms with Crippen LogP contribution in [0.25, 0.3) is 16.7 Å². The number of nitrogens with zero attached hydrogens (tertiary/aromatic N) is 4. The molecule has 7 nitrogen and oxygen atoms in total. The second kappa shape index (κ2) is 7.34. The van der Waals surface area contributed by atoms with E-state index in [1.165, 1.54) is 34.3 Å². The highest BCUT2D eigenvalue weighted by molar-refractivity contribution is 7.13. The van der Waals surface area contributed by atoms with Crippen LogP contribution in [0, 0.1) is 19.7 Å². The molecule has 0 spiro atoms. The molecule has 0 aliphatic rings. The van der Waals surface area contributed by atoms with Gasteiger partial charge in [-0.15, -0.1) is 11.3 Å². The lowest BCUT2D eigenvalue weighted by molar-refractivity contribution is 0.102. The van der Waals surface area contributed by atoms with E-state index in [2.05, 4.69) is 20.4 Å². The number of carbonyl (C=O) groups excluding carboxylic acids is 1. The van der Waals surface area contributed by atoms with Gasteiger partial charge in [-0.05, 0) is 43.7 Å². The van der Waals surface area contributed by atoms with Gasteiger partial charge in [-0.2, -0.15) is 5.10 Å². The van der Waals surface area contributed by atoms with E-state index in [1.807, 2.05) is 6.92 Å². The highest BCUT2D eigenvalue weighted by Crippen LogP contribution is 2.22. The van der Waals surface area contributed by atoms with E-state index in [0.29, 0.717) is 10.8 Å². The smallest absolute Gasteiger partial charge is 0.282 e. The van der Waals surface area contributed by atoms with Crippen LogP contribution in [-0.4, -0.2) is 25.7 Å². The summed E-state index contributed by atoms with van der Waals surface area (Å²) < 4.78 is 15.8. The van der Waals surface area contributed by atoms with Crippen LogP contribution in [0.2, 0.25) is 5.02 Å². The molecule has 1 aromatic carbocycles. The van der Waals surface area contributed by atoms with Gasteiger partial charge in [-0.1, -0.05) is 11.6 Å². The lowest BCUT2D eigenvalue weighted by atomic mass is 10.1. The molecule has 1 N–H and O–H groups in total. The predicted molar refractivity (Wildman–Crippen MR) is 110 cm³/mol. The number of nitrogens with one attached hydrogen (secondary N) is 1. The van der Waals surface area contributed by atoms with Crippen LogP contribution in [0.3, 0.4) is 0 Å². The molecule has 0 bridgehead atoms. The standard InChI is InChI=1S/C19H13ClFN5O2S/c1-9-7-14-15(23-10(9)2)17(27)16(18(28)24-19-22-5-6-29-19)25-26(14)13-4-3-11(20)8-12(13)21/h3-8H,1-2H3,(H,22,24,28). The van der Waals surface area contributed by atoms with Crippen molar-refractivity contribution >= 4 is 45.0 Å². The number of halogens is 2. The Morgan fingerprint density at radius 2 is 2.07 bits per heavy atom. The second-order valence-corrected chi connectivity index (χ2v) is 7.57. The van der Waals surface area contributed by atoms with Gasteiger partial charge < -0.3 is 0 Å². The Hall–Kier alpha value is -3.17. The van der Waals surface area contributed by atoms with Crippen LogP contribution in [0.5, 0.6) is 0 Å². The Morgan fingerprint density at radius 1 is 1.28 bits per heavy atom. The fourth-order valence-electron chi connectivity index (χ4n) is 2.76. The molecular weight excluding hydrogens is 417 g/mol. The van der Waals surface area contributed by atoms with Gasteiger partial charge in [-0.25, -0.2) is 19.0 Å². The minimum absolute atomic E-state index is 0.0155. The molecule has 4 aromatic rings. The van der Waals surface area contributed by atoms with Crippen LogP contribution in [-0.2, 0) is 0 Å². The van der Waals surface area contributed by atoms with Crippen molar-refractivity contribution in [2.75, 3.05) is 5.32 Å². The minimum atomic E-state index is -0.755. The van der Waals surface area contributed by atoms with Crippen LogP contribution < -0.4 is 10.7 Å². The van der Waals surface area contributed by atoms with Crippen molar-refractivity contribution < 1.29 is 9.18 Å². The Balaban J connectivity index is 2.00. The van der Waals surface area contributed by atoms with Crippen molar-refractivity contribution in [1.29, 1.82) is 0 Å². The number of pyridine rings is 1. The first kappa shape index (κ1) is 19.2. The Labute approximate surface area is 172 Å². The molecule has 4 rings (SSSR count). The molecule has 0 atom stereocenters. The van der Waals surface area contributed by atoms with E-state index < -0.39 is 22.8 Å². The van der Waals surface area contributed by atoms with Gasteiger partial charge in [0.25, 0.3) is 5.91 Å². The van der Waals surface area contributed by atoms with Crippen LogP contribution in [0.4, 0.5) is 9.52 Å². The van der Waals surface area contributed by atoms with Gasteiger partial charge in [-0.3, -0.25) is 14.9 Å². The summed E-state index contributed by atoms with van der Waals surface area (Å²) in [6, 6.07) is 5.73. The van der Waals surface area contributed by atoms with Crippen molar-refractivity contribution in [3.05, 3.63) is 73.9 Å². The van der Waals surface area contributed by atoms with Gasteiger partial charge >= 0.3 is 0 Å². The maximum absolute atomic E-state index is 14.6. The number of hydrogen-bond acceptors (Lipinski definition) is 6. The molecule has 3 aromatic heterocycles. The lowest BCUT2D eigenvalue weighted by Crippen LogP contribution is -2.27. The third-order valence-electron chi connectivity index (χ3n) is 4.31. The van der Waals surface area contributed by atoms with Crippen LogP contribution in [0.15, 0.2) is 40.6 Å². The van der Waals surface area contributed by atoms with Crippen LogP contribution in [0.1, 0.15) is 21.7 Å². The molecule has 0 saturated carbocycles. The van der Waals surface area contributed by atoms with Crippen molar-refractivity contribution in [2.45, 2.75) is 13.8 Å². The number of aromatic nitrogens is 4. The topological polar surface area (TPSA) is 89.8 Å². The number of aryl methyl sites for hydroxylation is 2. The second-order valence-electron chi connectivity index (χ2n) is 6.24. The average Bonchev–Trinajstić information content (AvgIpc) is 3.17. The van der Waals surface area contributed by atoms with Gasteiger partial charge in [0.1, 0.15) is 17.0 Å². The van der Waals surface area contributed by atoms with Gasteiger partial charge in [0.05, 0.1) is 5.52 Å². The van der Waals surface area contributed by atoms with Crippen molar-refractivity contribution in [3.63, 3.8) is 0 Å². The van der Waals surface area contributed by atoms with E-state index in [0.717, 1.165) is 11.6 Å². The van der Waals surface area contributed by atoms with Crippen molar-refractivity contribution in [2.24, 2.45) is 0 Å². The normalized spacial score (nSPS) is 11.0. The molecule has 29 heavy (non-hydrogen) atoms. The quantitative estimate of drug-likeness (QED) is 0.533. The third kappa shape index (κ3) is 3.50. The monoisotopic (exact) mass is 429 g/mol. The molecule has 10 heteroatoms. The fraction of sp³-hybridized carbons (Fsp3) is 0.105. The summed E-state index contributed by atoms with van der Waals surface area (Å²) in [5, 5.41) is 8.88. The van der Waals surface area contributed by atoms with Crippen molar-refractivity contribution in [1.82, 2.24) is 19.7 Å². The molecule has 0 radical (unpaired) electrons. The van der Waals surface area contributed by atoms with E-state index in [9.17, 15) is 14.0 Å². The summed E-state index contributed by atoms with van der Waals surface area (Å²) in [4.78, 5) is 33.9. The predicted octanol–water partition coefficient (Wildman–Crippen LogP) is 3.90. The first-order valence-corrected chi connectivity index (χ1v) is 9.68. The summed E-state index contributed by atoms with van der Waals surface area (Å²) in [6.45, 7) is 3.56. The number of amides is 1. The summed E-state index contributed by atoms with van der Waals surface area (Å²) in [5.41, 5.74) is 0.678. The summed E-state index contributed by atoms with van der Waals surface area (Å²) in [7, 11) is 0. The molecule has 0 saturated heterocycles. The number of carbonyl (C=O) groups is 1. The number of rotatable bonds is 3. The molecule has 0 aliphatic heterocycles. The first-order chi connectivity index (χ1) is 13.8. The first-order valence-electron chi connectivity index (χ1n) is 8.42. The summed E-state index contributed by atoms with van der Waals surface area (Å²) >= 11 is 7.05. The van der Waals surface area contributed by atoms with Gasteiger partial charge in [0.2, 0.25) is 5.43 Å². The lowest BCUT2D eigenvalue weighted by Gasteiger charge is -2.13. The molecule has 1 amide bonds. The molecule has 3 heterocycles. The number of hydrogen-bond donors (Lipinski definition) is 1. The average molecular weight is 430 g/mol. The van der Waals surface area contributed by atoms with Gasteiger partial charge in [0.15, 0.2) is 10.8 Å². The Morgan fingerprint density at radius 3 is 2.76 bits per heavy atom. The highest BCUT2D eigenvalue weighted by Gasteiger charge is 2.22. The van der Waals surface area contributed by atoms with E-state index >= 15 is 0 Å². The van der Waals surface area contributed by atoms with Crippen LogP contribution >= 0.6 is 22.9 Å². The molecule has 0 unspecified atom stereocenters. The third-order valence-corrected chi connectivity index (χ3v) is 5.23.